The van der Waals surface area contributed by atoms with Crippen LogP contribution in [0.4, 0.5) is 8.78 Å². The number of pyridine rings is 1. The number of nitrogens with one attached hydrogen (secondary N) is 1. The molecule has 152 valence electrons. The molecule has 1 saturated carbocycles. The molecule has 2 aromatic rings. The third-order valence-corrected chi connectivity index (χ3v) is 5.00. The predicted octanol–water partition coefficient (Wildman–Crippen LogP) is 3.46. The molecule has 3 rings (SSSR count). The van der Waals surface area contributed by atoms with Crippen LogP contribution in [-0.2, 0) is 4.79 Å². The molecular weight excluding hydrogens is 368 g/mol. The van der Waals surface area contributed by atoms with Gasteiger partial charge in [0.15, 0.2) is 0 Å². The quantitative estimate of drug-likeness (QED) is 0.845. The Kier molecular flexibility index (Phi) is 6.06. The van der Waals surface area contributed by atoms with E-state index in [1.807, 2.05) is 0 Å². The Labute approximate surface area is 163 Å². The first-order valence-corrected chi connectivity index (χ1v) is 9.20. The van der Waals surface area contributed by atoms with Crippen LogP contribution in [-0.4, -0.2) is 48.4 Å². The second-order valence-corrected chi connectivity index (χ2v) is 7.21. The van der Waals surface area contributed by atoms with Crippen molar-refractivity contribution in [1.82, 2.24) is 15.2 Å². The molecule has 8 heteroatoms. The van der Waals surface area contributed by atoms with Gasteiger partial charge in [0, 0.05) is 45.1 Å². The van der Waals surface area contributed by atoms with Crippen LogP contribution < -0.4 is 10.1 Å². The molecule has 1 N–H and O–H groups in total. The lowest BCUT2D eigenvalue weighted by molar-refractivity contribution is -0.134. The summed E-state index contributed by atoms with van der Waals surface area (Å²) in [5, 5.41) is 3.66. The summed E-state index contributed by atoms with van der Waals surface area (Å²) in [6.07, 6.45) is 4.44. The SMILES string of the molecule is CN(C)C(=O)C1CCC(NC(=O)c2cnc3cc(OC(F)F)ccc3c2)CC1.[HH]. The first-order valence-electron chi connectivity index (χ1n) is 9.20. The summed E-state index contributed by atoms with van der Waals surface area (Å²) in [6, 6.07) is 6.11. The average Bonchev–Trinajstić information content (AvgIpc) is 2.67. The van der Waals surface area contributed by atoms with Gasteiger partial charge in [-0.15, -0.1) is 0 Å². The van der Waals surface area contributed by atoms with E-state index in [0.29, 0.717) is 16.5 Å². The van der Waals surface area contributed by atoms with E-state index < -0.39 is 6.61 Å². The number of hydrogen-bond acceptors (Lipinski definition) is 4. The molecule has 0 atom stereocenters. The third kappa shape index (κ3) is 4.74. The molecule has 6 nitrogen and oxygen atoms in total. The molecule has 0 unspecified atom stereocenters. The zero-order valence-electron chi connectivity index (χ0n) is 15.8. The minimum atomic E-state index is -2.90. The van der Waals surface area contributed by atoms with E-state index in [1.165, 1.54) is 18.3 Å². The van der Waals surface area contributed by atoms with Gasteiger partial charge in [0.05, 0.1) is 11.1 Å². The van der Waals surface area contributed by atoms with Crippen molar-refractivity contribution in [1.29, 1.82) is 0 Å². The average molecular weight is 393 g/mol. The van der Waals surface area contributed by atoms with Crippen molar-refractivity contribution in [3.05, 3.63) is 36.0 Å². The van der Waals surface area contributed by atoms with Crippen LogP contribution in [0, 0.1) is 5.92 Å². The van der Waals surface area contributed by atoms with Gasteiger partial charge < -0.3 is 15.0 Å². The molecule has 0 spiro atoms. The van der Waals surface area contributed by atoms with Gasteiger partial charge >= 0.3 is 6.61 Å². The number of carbonyl (C=O) groups is 2. The van der Waals surface area contributed by atoms with Crippen LogP contribution in [0.15, 0.2) is 30.5 Å². The molecule has 0 saturated heterocycles. The molecule has 1 heterocycles. The number of fused-ring (bicyclic) bond motifs is 1. The maximum atomic E-state index is 12.5. The zero-order chi connectivity index (χ0) is 20.3. The second kappa shape index (κ2) is 8.50. The summed E-state index contributed by atoms with van der Waals surface area (Å²) < 4.78 is 29.0. The predicted molar refractivity (Wildman–Crippen MR) is 102 cm³/mol. The lowest BCUT2D eigenvalue weighted by Crippen LogP contribution is -2.40. The number of aromatic nitrogens is 1. The fraction of sp³-hybridized carbons (Fsp3) is 0.450. The number of alkyl halides is 2. The standard InChI is InChI=1S/C20H23F2N3O3.H2/c1-25(2)19(27)12-3-6-15(7-4-12)24-18(26)14-9-13-5-8-16(28-20(21)22)10-17(13)23-11-14;/h5,8-12,15,20H,3-4,6-7H2,1-2H3,(H,24,26);1H. The van der Waals surface area contributed by atoms with Crippen molar-refractivity contribution in [2.75, 3.05) is 14.1 Å². The number of hydrogen-bond donors (Lipinski definition) is 1. The third-order valence-electron chi connectivity index (χ3n) is 5.00. The van der Waals surface area contributed by atoms with Crippen LogP contribution in [0.3, 0.4) is 0 Å². The first kappa shape index (κ1) is 20.0. The van der Waals surface area contributed by atoms with Gasteiger partial charge in [0.2, 0.25) is 5.91 Å². The van der Waals surface area contributed by atoms with E-state index in [9.17, 15) is 18.4 Å². The largest absolute Gasteiger partial charge is 0.435 e. The Balaban J connectivity index is 0.00000300. The molecule has 2 amide bonds. The van der Waals surface area contributed by atoms with E-state index in [1.54, 1.807) is 31.1 Å². The monoisotopic (exact) mass is 393 g/mol. The summed E-state index contributed by atoms with van der Waals surface area (Å²) in [5.74, 6) is -0.0465. The Morgan fingerprint density at radius 3 is 2.57 bits per heavy atom. The number of amides is 2. The van der Waals surface area contributed by atoms with E-state index in [0.717, 1.165) is 25.7 Å². The van der Waals surface area contributed by atoms with Gasteiger partial charge in [0.1, 0.15) is 5.75 Å². The summed E-state index contributed by atoms with van der Waals surface area (Å²) in [7, 11) is 3.51. The van der Waals surface area contributed by atoms with Crippen molar-refractivity contribution in [3.8, 4) is 5.75 Å². The highest BCUT2D eigenvalue weighted by molar-refractivity contribution is 5.97. The highest BCUT2D eigenvalue weighted by Crippen LogP contribution is 2.26. The number of carbonyl (C=O) groups excluding carboxylic acids is 2. The second-order valence-electron chi connectivity index (χ2n) is 7.21. The van der Waals surface area contributed by atoms with Gasteiger partial charge in [-0.25, -0.2) is 0 Å². The Morgan fingerprint density at radius 2 is 1.93 bits per heavy atom. The summed E-state index contributed by atoms with van der Waals surface area (Å²) in [4.78, 5) is 30.4. The minimum absolute atomic E-state index is 0. The first-order chi connectivity index (χ1) is 13.3. The molecule has 1 aromatic carbocycles. The van der Waals surface area contributed by atoms with Gasteiger partial charge in [-0.3, -0.25) is 14.6 Å². The van der Waals surface area contributed by atoms with Crippen LogP contribution in [0.5, 0.6) is 5.75 Å². The normalized spacial score (nSPS) is 19.5. The van der Waals surface area contributed by atoms with Gasteiger partial charge in [0.25, 0.3) is 5.91 Å². The fourth-order valence-electron chi connectivity index (χ4n) is 3.52. The summed E-state index contributed by atoms with van der Waals surface area (Å²) in [5.41, 5.74) is 0.874. The van der Waals surface area contributed by atoms with Crippen molar-refractivity contribution in [3.63, 3.8) is 0 Å². The van der Waals surface area contributed by atoms with E-state index in [-0.39, 0.29) is 31.0 Å². The highest BCUT2D eigenvalue weighted by atomic mass is 19.3. The Morgan fingerprint density at radius 1 is 1.21 bits per heavy atom. The van der Waals surface area contributed by atoms with Crippen molar-refractivity contribution >= 4 is 22.7 Å². The molecule has 1 fully saturated rings. The number of halogens is 2. The van der Waals surface area contributed by atoms with Crippen LogP contribution in [0.1, 0.15) is 37.5 Å². The molecule has 1 aliphatic carbocycles. The number of benzene rings is 1. The molecular formula is C20H25F2N3O3. The lowest BCUT2D eigenvalue weighted by Gasteiger charge is -2.29. The molecule has 1 aliphatic rings. The van der Waals surface area contributed by atoms with Crippen molar-refractivity contribution in [2.45, 2.75) is 38.3 Å². The minimum Gasteiger partial charge on any atom is -0.435 e. The van der Waals surface area contributed by atoms with Crippen LogP contribution >= 0.6 is 0 Å². The zero-order valence-corrected chi connectivity index (χ0v) is 15.8. The highest BCUT2D eigenvalue weighted by Gasteiger charge is 2.28. The number of rotatable bonds is 5. The van der Waals surface area contributed by atoms with Crippen molar-refractivity contribution in [2.24, 2.45) is 5.92 Å². The topological polar surface area (TPSA) is 71.5 Å². The summed E-state index contributed by atoms with van der Waals surface area (Å²) >= 11 is 0. The van der Waals surface area contributed by atoms with E-state index in [2.05, 4.69) is 15.0 Å². The maximum Gasteiger partial charge on any atom is 0.387 e. The van der Waals surface area contributed by atoms with E-state index >= 15 is 0 Å². The van der Waals surface area contributed by atoms with Crippen LogP contribution in [0.2, 0.25) is 0 Å². The van der Waals surface area contributed by atoms with Crippen LogP contribution in [0.25, 0.3) is 10.9 Å². The maximum absolute atomic E-state index is 12.5. The summed E-state index contributed by atoms with van der Waals surface area (Å²) in [6.45, 7) is -2.90. The molecule has 1 aromatic heterocycles. The Bertz CT molecular complexity index is 871. The number of ether oxygens (including phenoxy) is 1. The van der Waals surface area contributed by atoms with Gasteiger partial charge in [-0.1, -0.05) is 0 Å². The molecule has 0 radical (unpaired) electrons. The molecule has 0 bridgehead atoms. The Hall–Kier alpha value is -2.77. The van der Waals surface area contributed by atoms with Gasteiger partial charge in [-0.2, -0.15) is 8.78 Å². The number of nitrogens with zero attached hydrogens (tertiary/aromatic N) is 2. The molecule has 28 heavy (non-hydrogen) atoms. The van der Waals surface area contributed by atoms with Gasteiger partial charge in [-0.05, 0) is 43.9 Å². The lowest BCUT2D eigenvalue weighted by atomic mass is 9.85. The van der Waals surface area contributed by atoms with Crippen molar-refractivity contribution < 1.29 is 24.5 Å². The fourth-order valence-corrected chi connectivity index (χ4v) is 3.52. The smallest absolute Gasteiger partial charge is 0.387 e. The van der Waals surface area contributed by atoms with E-state index in [4.69, 9.17) is 0 Å². The molecule has 0 aliphatic heterocycles.